The molecule has 0 aliphatic rings. The van der Waals surface area contributed by atoms with Gasteiger partial charge in [0.25, 0.3) is 0 Å². The van der Waals surface area contributed by atoms with Crippen molar-refractivity contribution in [3.05, 3.63) is 59.1 Å². The Morgan fingerprint density at radius 2 is 1.67 bits per heavy atom. The normalized spacial score (nSPS) is 12.1. The van der Waals surface area contributed by atoms with Crippen molar-refractivity contribution in [2.24, 2.45) is 0 Å². The van der Waals surface area contributed by atoms with Crippen molar-refractivity contribution in [1.82, 2.24) is 0 Å². The monoisotopic (exact) mass is 279 g/mol. The Morgan fingerprint density at radius 1 is 1.06 bits per heavy atom. The van der Waals surface area contributed by atoms with Crippen molar-refractivity contribution in [1.29, 1.82) is 0 Å². The van der Waals surface area contributed by atoms with E-state index in [-0.39, 0.29) is 10.5 Å². The Kier molecular flexibility index (Phi) is 3.79. The van der Waals surface area contributed by atoms with Crippen LogP contribution in [-0.4, -0.2) is 10.2 Å². The smallest absolute Gasteiger partial charge is 0.0856 e. The molecule has 0 amide bonds. The van der Waals surface area contributed by atoms with Crippen molar-refractivity contribution in [3.8, 4) is 0 Å². The van der Waals surface area contributed by atoms with Crippen molar-refractivity contribution in [2.45, 2.75) is 9.79 Å². The van der Waals surface area contributed by atoms with E-state index in [1.54, 1.807) is 36.4 Å². The molecular formula is C13H8ClO3S-. The summed E-state index contributed by atoms with van der Waals surface area (Å²) in [7, 11) is -1.57. The fourth-order valence-corrected chi connectivity index (χ4v) is 2.80. The number of rotatable bonds is 3. The third-order valence-corrected chi connectivity index (χ3v) is 4.04. The summed E-state index contributed by atoms with van der Waals surface area (Å²) in [6.45, 7) is 0. The van der Waals surface area contributed by atoms with Crippen molar-refractivity contribution in [3.63, 3.8) is 0 Å². The number of carbonyl (C=O) groups is 1. The fourth-order valence-electron chi connectivity index (χ4n) is 1.48. The lowest BCUT2D eigenvalue weighted by atomic mass is 10.2. The molecule has 92 valence electrons. The molecule has 0 radical (unpaired) electrons. The number of benzene rings is 2. The standard InChI is InChI=1S/C13H9ClO3S/c14-9-5-7-10(8-6-9)18(17)12-4-2-1-3-11(12)13(15)16/h1-8H,(H,15,16)/p-1/t18-/m0/s1. The molecule has 0 heterocycles. The molecule has 0 bridgehead atoms. The first kappa shape index (κ1) is 12.8. The zero-order valence-corrected chi connectivity index (χ0v) is 10.7. The molecule has 0 saturated carbocycles. The van der Waals surface area contributed by atoms with Gasteiger partial charge in [-0.05, 0) is 30.3 Å². The van der Waals surface area contributed by atoms with E-state index in [1.165, 1.54) is 12.1 Å². The molecule has 5 heteroatoms. The third-order valence-electron chi connectivity index (χ3n) is 2.33. The molecule has 18 heavy (non-hydrogen) atoms. The summed E-state index contributed by atoms with van der Waals surface area (Å²) in [4.78, 5) is 11.7. The predicted molar refractivity (Wildman–Crippen MR) is 66.9 cm³/mol. The van der Waals surface area contributed by atoms with Crippen LogP contribution in [0.1, 0.15) is 10.4 Å². The van der Waals surface area contributed by atoms with E-state index < -0.39 is 16.8 Å². The molecule has 0 aliphatic carbocycles. The van der Waals surface area contributed by atoms with Gasteiger partial charge in [-0.25, -0.2) is 4.21 Å². The van der Waals surface area contributed by atoms with Crippen LogP contribution in [-0.2, 0) is 10.8 Å². The number of carboxylic acid groups (broad SMARTS) is 1. The highest BCUT2D eigenvalue weighted by Gasteiger charge is 2.12. The minimum atomic E-state index is -1.57. The van der Waals surface area contributed by atoms with Crippen molar-refractivity contribution >= 4 is 28.4 Å². The minimum Gasteiger partial charge on any atom is -0.545 e. The Labute approximate surface area is 111 Å². The summed E-state index contributed by atoms with van der Waals surface area (Å²) in [6, 6.07) is 12.5. The van der Waals surface area contributed by atoms with Crippen LogP contribution in [0.4, 0.5) is 0 Å². The SMILES string of the molecule is O=C([O-])c1ccccc1[S@@](=O)c1ccc(Cl)cc1. The topological polar surface area (TPSA) is 57.2 Å². The average molecular weight is 280 g/mol. The van der Waals surface area contributed by atoms with Crippen LogP contribution in [0.2, 0.25) is 5.02 Å². The third kappa shape index (κ3) is 2.60. The summed E-state index contributed by atoms with van der Waals surface area (Å²) < 4.78 is 12.3. The largest absolute Gasteiger partial charge is 0.545 e. The second kappa shape index (κ2) is 5.33. The lowest BCUT2D eigenvalue weighted by Gasteiger charge is -2.09. The van der Waals surface area contributed by atoms with E-state index in [0.717, 1.165) is 0 Å². The molecule has 1 atom stereocenters. The van der Waals surface area contributed by atoms with Gasteiger partial charge >= 0.3 is 0 Å². The van der Waals surface area contributed by atoms with Gasteiger partial charge < -0.3 is 9.90 Å². The Morgan fingerprint density at radius 3 is 2.28 bits per heavy atom. The van der Waals surface area contributed by atoms with Gasteiger partial charge in [0.2, 0.25) is 0 Å². The van der Waals surface area contributed by atoms with Crippen LogP contribution in [0.25, 0.3) is 0 Å². The van der Waals surface area contributed by atoms with Gasteiger partial charge in [-0.3, -0.25) is 0 Å². The highest BCUT2D eigenvalue weighted by atomic mass is 35.5. The summed E-state index contributed by atoms with van der Waals surface area (Å²) in [5, 5.41) is 11.5. The van der Waals surface area contributed by atoms with E-state index in [2.05, 4.69) is 0 Å². The van der Waals surface area contributed by atoms with Crippen LogP contribution in [0.3, 0.4) is 0 Å². The van der Waals surface area contributed by atoms with Crippen molar-refractivity contribution in [2.75, 3.05) is 0 Å². The maximum Gasteiger partial charge on any atom is 0.0856 e. The van der Waals surface area contributed by atoms with Crippen LogP contribution < -0.4 is 5.11 Å². The lowest BCUT2D eigenvalue weighted by Crippen LogP contribution is -2.23. The molecule has 2 aromatic carbocycles. The molecule has 0 saturated heterocycles. The first-order valence-electron chi connectivity index (χ1n) is 5.07. The summed E-state index contributed by atoms with van der Waals surface area (Å²) >= 11 is 5.74. The number of hydrogen-bond acceptors (Lipinski definition) is 3. The zero-order chi connectivity index (χ0) is 13.1. The highest BCUT2D eigenvalue weighted by molar-refractivity contribution is 7.85. The summed E-state index contributed by atoms with van der Waals surface area (Å²) in [5.74, 6) is -1.34. The zero-order valence-electron chi connectivity index (χ0n) is 9.13. The van der Waals surface area contributed by atoms with Gasteiger partial charge in [0.15, 0.2) is 0 Å². The number of carbonyl (C=O) groups excluding carboxylic acids is 1. The van der Waals surface area contributed by atoms with Gasteiger partial charge in [-0.1, -0.05) is 29.8 Å². The Bertz CT molecular complexity index is 608. The molecule has 0 unspecified atom stereocenters. The van der Waals surface area contributed by atoms with Crippen LogP contribution >= 0.6 is 11.6 Å². The molecule has 0 aliphatic heterocycles. The fraction of sp³-hybridized carbons (Fsp3) is 0. The van der Waals surface area contributed by atoms with Crippen molar-refractivity contribution < 1.29 is 14.1 Å². The molecular weight excluding hydrogens is 272 g/mol. The van der Waals surface area contributed by atoms with E-state index in [0.29, 0.717) is 9.92 Å². The minimum absolute atomic E-state index is 0.0641. The van der Waals surface area contributed by atoms with Gasteiger partial charge in [-0.2, -0.15) is 0 Å². The molecule has 0 spiro atoms. The highest BCUT2D eigenvalue weighted by Crippen LogP contribution is 2.21. The van der Waals surface area contributed by atoms with Crippen LogP contribution in [0.5, 0.6) is 0 Å². The van der Waals surface area contributed by atoms with Crippen LogP contribution in [0.15, 0.2) is 58.3 Å². The number of carboxylic acids is 1. The van der Waals surface area contributed by atoms with E-state index >= 15 is 0 Å². The van der Waals surface area contributed by atoms with Gasteiger partial charge in [-0.15, -0.1) is 0 Å². The van der Waals surface area contributed by atoms with Gasteiger partial charge in [0.1, 0.15) is 0 Å². The quantitative estimate of drug-likeness (QED) is 0.862. The summed E-state index contributed by atoms with van der Waals surface area (Å²) in [5.41, 5.74) is -0.0641. The molecule has 3 nitrogen and oxygen atoms in total. The molecule has 2 aromatic rings. The summed E-state index contributed by atoms with van der Waals surface area (Å²) in [6.07, 6.45) is 0. The van der Waals surface area contributed by atoms with Gasteiger partial charge in [0, 0.05) is 15.5 Å². The van der Waals surface area contributed by atoms with Gasteiger partial charge in [0.05, 0.1) is 21.7 Å². The average Bonchev–Trinajstić information content (AvgIpc) is 2.39. The maximum absolute atomic E-state index is 12.3. The van der Waals surface area contributed by atoms with E-state index in [1.807, 2.05) is 0 Å². The molecule has 2 rings (SSSR count). The number of halogens is 1. The van der Waals surface area contributed by atoms with E-state index in [9.17, 15) is 14.1 Å². The van der Waals surface area contributed by atoms with Crippen LogP contribution in [0, 0.1) is 0 Å². The first-order valence-corrected chi connectivity index (χ1v) is 6.60. The number of aromatic carboxylic acids is 1. The second-order valence-corrected chi connectivity index (χ2v) is 5.39. The number of hydrogen-bond donors (Lipinski definition) is 0. The second-order valence-electron chi connectivity index (χ2n) is 3.51. The Hall–Kier alpha value is -1.65. The lowest BCUT2D eigenvalue weighted by molar-refractivity contribution is -0.255. The first-order chi connectivity index (χ1) is 8.59. The molecule has 0 N–H and O–H groups in total. The maximum atomic E-state index is 12.3. The predicted octanol–water partition coefficient (Wildman–Crippen LogP) is 1.87. The molecule has 0 aromatic heterocycles. The molecule has 0 fully saturated rings. The Balaban J connectivity index is 2.46. The van der Waals surface area contributed by atoms with E-state index in [4.69, 9.17) is 11.6 Å².